The first kappa shape index (κ1) is 16.6. The number of nitro groups is 1. The second kappa shape index (κ2) is 6.45. The van der Waals surface area contributed by atoms with E-state index in [9.17, 15) is 14.9 Å². The fourth-order valence-electron chi connectivity index (χ4n) is 3.14. The third-order valence-corrected chi connectivity index (χ3v) is 5.40. The summed E-state index contributed by atoms with van der Waals surface area (Å²) in [5, 5.41) is 24.3. The molecule has 0 unspecified atom stereocenters. The van der Waals surface area contributed by atoms with Gasteiger partial charge in [0.1, 0.15) is 5.01 Å². The Morgan fingerprint density at radius 1 is 1.38 bits per heavy atom. The molecule has 9 nitrogen and oxygen atoms in total. The van der Waals surface area contributed by atoms with Crippen LogP contribution in [0, 0.1) is 17.0 Å². The van der Waals surface area contributed by atoms with Crippen molar-refractivity contribution in [2.24, 2.45) is 0 Å². The summed E-state index contributed by atoms with van der Waals surface area (Å²) < 4.78 is 1.67. The van der Waals surface area contributed by atoms with Gasteiger partial charge in [0.2, 0.25) is 10.9 Å². The van der Waals surface area contributed by atoms with Crippen LogP contribution in [0.4, 0.5) is 11.4 Å². The number of hydrogen-bond acceptors (Lipinski definition) is 7. The van der Waals surface area contributed by atoms with Crippen molar-refractivity contribution < 1.29 is 9.72 Å². The number of amides is 1. The van der Waals surface area contributed by atoms with E-state index in [1.54, 1.807) is 15.5 Å². The maximum absolute atomic E-state index is 12.7. The zero-order chi connectivity index (χ0) is 18.3. The van der Waals surface area contributed by atoms with E-state index in [1.807, 2.05) is 6.92 Å². The van der Waals surface area contributed by atoms with Crippen LogP contribution < -0.4 is 4.90 Å². The highest BCUT2D eigenvalue weighted by atomic mass is 32.1. The molecule has 0 fully saturated rings. The van der Waals surface area contributed by atoms with Gasteiger partial charge in [-0.3, -0.25) is 14.9 Å². The van der Waals surface area contributed by atoms with E-state index in [0.717, 1.165) is 23.4 Å². The molecule has 0 N–H and O–H groups in total. The fraction of sp³-hybridized carbons (Fsp3) is 0.375. The number of anilines is 1. The number of non-ortho nitro benzene ring substituents is 1. The maximum atomic E-state index is 12.7. The Balaban J connectivity index is 1.51. The third kappa shape index (κ3) is 2.92. The van der Waals surface area contributed by atoms with Crippen LogP contribution in [-0.4, -0.2) is 37.2 Å². The molecule has 0 spiro atoms. The van der Waals surface area contributed by atoms with Crippen molar-refractivity contribution in [2.75, 3.05) is 11.4 Å². The van der Waals surface area contributed by atoms with Crippen LogP contribution in [0.25, 0.3) is 4.96 Å². The van der Waals surface area contributed by atoms with Crippen LogP contribution in [0.3, 0.4) is 0 Å². The zero-order valence-electron chi connectivity index (χ0n) is 14.1. The van der Waals surface area contributed by atoms with Crippen molar-refractivity contribution in [2.45, 2.75) is 32.6 Å². The largest absolute Gasteiger partial charge is 0.312 e. The first-order valence-corrected chi connectivity index (χ1v) is 9.10. The van der Waals surface area contributed by atoms with Gasteiger partial charge in [0.05, 0.1) is 10.6 Å². The lowest BCUT2D eigenvalue weighted by atomic mass is 10.0. The number of carbonyl (C=O) groups is 1. The van der Waals surface area contributed by atoms with E-state index in [-0.39, 0.29) is 11.6 Å². The molecule has 134 valence electrons. The number of fused-ring (bicyclic) bond motifs is 2. The number of aromatic nitrogens is 4. The molecule has 4 rings (SSSR count). The molecule has 2 aromatic heterocycles. The molecule has 26 heavy (non-hydrogen) atoms. The standard InChI is InChI=1S/C16H16N6O3S/c1-10-17-18-16-21(10)19-14(26-16)6-7-15(23)20-8-2-3-11-4-5-12(22(24)25)9-13(11)20/h4-5,9H,2-3,6-8H2,1H3. The molecule has 3 heterocycles. The van der Waals surface area contributed by atoms with Gasteiger partial charge in [0.15, 0.2) is 5.82 Å². The molecule has 0 saturated heterocycles. The third-order valence-electron chi connectivity index (χ3n) is 4.44. The molecule has 0 aliphatic carbocycles. The van der Waals surface area contributed by atoms with E-state index in [0.29, 0.717) is 35.9 Å². The Bertz CT molecular complexity index is 1010. The summed E-state index contributed by atoms with van der Waals surface area (Å²) in [5.74, 6) is 0.667. The van der Waals surface area contributed by atoms with Crippen LogP contribution in [0.1, 0.15) is 29.2 Å². The van der Waals surface area contributed by atoms with Crippen molar-refractivity contribution in [3.63, 3.8) is 0 Å². The lowest BCUT2D eigenvalue weighted by molar-refractivity contribution is -0.384. The second-order valence-electron chi connectivity index (χ2n) is 6.16. The molecule has 1 aromatic carbocycles. The number of benzene rings is 1. The Morgan fingerprint density at radius 3 is 3.00 bits per heavy atom. The van der Waals surface area contributed by atoms with Crippen molar-refractivity contribution in [3.05, 3.63) is 44.7 Å². The molecular formula is C16H16N6O3S. The lowest BCUT2D eigenvalue weighted by Crippen LogP contribution is -2.35. The second-order valence-corrected chi connectivity index (χ2v) is 7.20. The fourth-order valence-corrected chi connectivity index (χ4v) is 4.02. The molecule has 1 amide bonds. The summed E-state index contributed by atoms with van der Waals surface area (Å²) in [7, 11) is 0. The smallest absolute Gasteiger partial charge is 0.271 e. The van der Waals surface area contributed by atoms with Crippen LogP contribution in [0.5, 0.6) is 0 Å². The first-order valence-electron chi connectivity index (χ1n) is 8.28. The monoisotopic (exact) mass is 372 g/mol. The zero-order valence-corrected chi connectivity index (χ0v) is 14.9. The molecule has 1 aliphatic rings. The van der Waals surface area contributed by atoms with Gasteiger partial charge in [0.25, 0.3) is 5.69 Å². The summed E-state index contributed by atoms with van der Waals surface area (Å²) >= 11 is 1.42. The highest BCUT2D eigenvalue weighted by molar-refractivity contribution is 7.16. The lowest BCUT2D eigenvalue weighted by Gasteiger charge is -2.29. The maximum Gasteiger partial charge on any atom is 0.271 e. The van der Waals surface area contributed by atoms with Gasteiger partial charge >= 0.3 is 0 Å². The Hall–Kier alpha value is -2.88. The van der Waals surface area contributed by atoms with Crippen LogP contribution in [-0.2, 0) is 17.6 Å². The number of carbonyl (C=O) groups excluding carboxylic acids is 1. The Labute approximate surface area is 152 Å². The van der Waals surface area contributed by atoms with Crippen molar-refractivity contribution in [1.82, 2.24) is 19.8 Å². The van der Waals surface area contributed by atoms with E-state index >= 15 is 0 Å². The van der Waals surface area contributed by atoms with Crippen LogP contribution >= 0.6 is 11.3 Å². The molecular weight excluding hydrogens is 356 g/mol. The summed E-state index contributed by atoms with van der Waals surface area (Å²) in [6.07, 6.45) is 2.48. The molecule has 1 aliphatic heterocycles. The average molecular weight is 372 g/mol. The number of rotatable bonds is 4. The van der Waals surface area contributed by atoms with E-state index < -0.39 is 4.92 Å². The van der Waals surface area contributed by atoms with E-state index in [1.165, 1.54) is 23.5 Å². The topological polar surface area (TPSA) is 107 Å². The molecule has 0 bridgehead atoms. The quantitative estimate of drug-likeness (QED) is 0.514. The normalized spacial score (nSPS) is 13.8. The van der Waals surface area contributed by atoms with Gasteiger partial charge in [-0.05, 0) is 25.3 Å². The summed E-state index contributed by atoms with van der Waals surface area (Å²) in [6, 6.07) is 4.74. The van der Waals surface area contributed by atoms with Crippen LogP contribution in [0.15, 0.2) is 18.2 Å². The summed E-state index contributed by atoms with van der Waals surface area (Å²) in [6.45, 7) is 2.41. The predicted molar refractivity (Wildman–Crippen MR) is 95.5 cm³/mol. The molecule has 0 radical (unpaired) electrons. The SMILES string of the molecule is Cc1nnc2sc(CCC(=O)N3CCCc4ccc([N+](=O)[O-])cc43)nn12. The molecule has 0 saturated carbocycles. The minimum absolute atomic E-state index is 0.00701. The minimum atomic E-state index is -0.431. The number of nitro benzene ring substituents is 1. The molecule has 0 atom stereocenters. The van der Waals surface area contributed by atoms with Crippen LogP contribution in [0.2, 0.25) is 0 Å². The summed E-state index contributed by atoms with van der Waals surface area (Å²) in [4.78, 5) is 25.7. The number of nitrogens with zero attached hydrogens (tertiary/aromatic N) is 6. The van der Waals surface area contributed by atoms with Gasteiger partial charge < -0.3 is 4.90 Å². The average Bonchev–Trinajstić information content (AvgIpc) is 3.20. The number of hydrogen-bond donors (Lipinski definition) is 0. The first-order chi connectivity index (χ1) is 12.5. The van der Waals surface area contributed by atoms with Gasteiger partial charge in [-0.15, -0.1) is 10.2 Å². The highest BCUT2D eigenvalue weighted by Crippen LogP contribution is 2.31. The predicted octanol–water partition coefficient (Wildman–Crippen LogP) is 2.31. The molecule has 10 heteroatoms. The Kier molecular flexibility index (Phi) is 4.11. The van der Waals surface area contributed by atoms with Gasteiger partial charge in [-0.1, -0.05) is 17.4 Å². The summed E-state index contributed by atoms with van der Waals surface area (Å²) in [5.41, 5.74) is 1.64. The van der Waals surface area contributed by atoms with E-state index in [4.69, 9.17) is 0 Å². The van der Waals surface area contributed by atoms with Crippen molar-refractivity contribution in [3.8, 4) is 0 Å². The minimum Gasteiger partial charge on any atom is -0.312 e. The van der Waals surface area contributed by atoms with Gasteiger partial charge in [-0.2, -0.15) is 9.61 Å². The van der Waals surface area contributed by atoms with E-state index in [2.05, 4.69) is 15.3 Å². The van der Waals surface area contributed by atoms with Gasteiger partial charge in [0, 0.05) is 31.5 Å². The Morgan fingerprint density at radius 2 is 2.23 bits per heavy atom. The number of aryl methyl sites for hydroxylation is 3. The van der Waals surface area contributed by atoms with Gasteiger partial charge in [-0.25, -0.2) is 0 Å². The molecule has 3 aromatic rings. The highest BCUT2D eigenvalue weighted by Gasteiger charge is 2.25. The van der Waals surface area contributed by atoms with Crippen molar-refractivity contribution >= 4 is 33.6 Å². The van der Waals surface area contributed by atoms with Crippen molar-refractivity contribution in [1.29, 1.82) is 0 Å².